The fraction of sp³-hybridized carbons (Fsp3) is 0.250. The van der Waals surface area contributed by atoms with E-state index < -0.39 is 36.1 Å². The molecular formula is C24H18ClF6N3O2. The number of para-hydroxylation sites is 2. The lowest BCUT2D eigenvalue weighted by atomic mass is 9.90. The molecule has 5 nitrogen and oxygen atoms in total. The van der Waals surface area contributed by atoms with Crippen molar-refractivity contribution in [1.29, 1.82) is 0 Å². The van der Waals surface area contributed by atoms with E-state index in [2.05, 4.69) is 10.1 Å². The molecule has 0 amide bonds. The number of anilines is 1. The minimum Gasteiger partial charge on any atom is -0.496 e. The smallest absolute Gasteiger partial charge is 0.431 e. The van der Waals surface area contributed by atoms with Crippen molar-refractivity contribution in [2.24, 2.45) is 5.10 Å². The van der Waals surface area contributed by atoms with Gasteiger partial charge < -0.3 is 9.84 Å². The number of pyridine rings is 1. The van der Waals surface area contributed by atoms with Gasteiger partial charge in [0, 0.05) is 18.2 Å². The van der Waals surface area contributed by atoms with Crippen molar-refractivity contribution >= 4 is 23.0 Å². The van der Waals surface area contributed by atoms with E-state index in [9.17, 15) is 31.4 Å². The number of methoxy groups -OCH3 is 1. The molecule has 0 saturated carbocycles. The summed E-state index contributed by atoms with van der Waals surface area (Å²) in [6.07, 6.45) is -11.7. The van der Waals surface area contributed by atoms with Crippen molar-refractivity contribution < 1.29 is 36.2 Å². The maximum Gasteiger partial charge on any atom is 0.431 e. The minimum atomic E-state index is -6.06. The SMILES string of the molecule is COc1ccccc1-c1ccc(C2CC(C(O)(C(F)(F)F)C(F)(F)F)=NN2c2ccccc2Cl)cn1. The Balaban J connectivity index is 1.79. The van der Waals surface area contributed by atoms with E-state index >= 15 is 0 Å². The number of hydrogen-bond acceptors (Lipinski definition) is 5. The molecular weight excluding hydrogens is 512 g/mol. The van der Waals surface area contributed by atoms with Gasteiger partial charge in [0.25, 0.3) is 5.60 Å². The maximum atomic E-state index is 13.6. The highest BCUT2D eigenvalue weighted by atomic mass is 35.5. The van der Waals surface area contributed by atoms with Gasteiger partial charge in [-0.3, -0.25) is 9.99 Å². The number of rotatable bonds is 5. The Morgan fingerprint density at radius 2 is 1.58 bits per heavy atom. The molecule has 0 radical (unpaired) electrons. The number of alkyl halides is 6. The number of aliphatic hydroxyl groups is 1. The molecule has 190 valence electrons. The molecule has 36 heavy (non-hydrogen) atoms. The highest BCUT2D eigenvalue weighted by molar-refractivity contribution is 6.33. The van der Waals surface area contributed by atoms with E-state index in [0.29, 0.717) is 17.0 Å². The molecule has 0 bridgehead atoms. The van der Waals surface area contributed by atoms with Crippen LogP contribution >= 0.6 is 11.6 Å². The molecule has 2 aromatic carbocycles. The van der Waals surface area contributed by atoms with Gasteiger partial charge in [-0.2, -0.15) is 31.4 Å². The fourth-order valence-corrected chi connectivity index (χ4v) is 4.18. The van der Waals surface area contributed by atoms with Crippen molar-refractivity contribution in [3.8, 4) is 17.0 Å². The molecule has 4 rings (SSSR count). The van der Waals surface area contributed by atoms with Crippen LogP contribution in [0.3, 0.4) is 0 Å². The molecule has 1 aromatic heterocycles. The first kappa shape index (κ1) is 25.8. The molecule has 12 heteroatoms. The topological polar surface area (TPSA) is 58.0 Å². The molecule has 1 aliphatic rings. The van der Waals surface area contributed by atoms with Gasteiger partial charge in [0.15, 0.2) is 0 Å². The van der Waals surface area contributed by atoms with Gasteiger partial charge in [0.2, 0.25) is 0 Å². The van der Waals surface area contributed by atoms with E-state index in [4.69, 9.17) is 16.3 Å². The monoisotopic (exact) mass is 529 g/mol. The number of hydrogen-bond donors (Lipinski definition) is 1. The van der Waals surface area contributed by atoms with Crippen LogP contribution < -0.4 is 9.75 Å². The van der Waals surface area contributed by atoms with E-state index in [0.717, 1.165) is 5.01 Å². The Bertz CT molecular complexity index is 1260. The molecule has 3 aromatic rings. The van der Waals surface area contributed by atoms with Crippen molar-refractivity contribution in [3.05, 3.63) is 77.4 Å². The van der Waals surface area contributed by atoms with E-state index in [1.807, 2.05) is 0 Å². The number of aromatic nitrogens is 1. The third-order valence-corrected chi connectivity index (χ3v) is 6.12. The summed E-state index contributed by atoms with van der Waals surface area (Å²) >= 11 is 6.19. The first-order chi connectivity index (χ1) is 16.9. The Morgan fingerprint density at radius 1 is 0.944 bits per heavy atom. The highest BCUT2D eigenvalue weighted by Gasteiger charge is 2.74. The average Bonchev–Trinajstić information content (AvgIpc) is 3.28. The summed E-state index contributed by atoms with van der Waals surface area (Å²) in [6, 6.07) is 14.8. The van der Waals surface area contributed by atoms with Crippen LogP contribution in [0.2, 0.25) is 5.02 Å². The van der Waals surface area contributed by atoms with Crippen LogP contribution in [-0.4, -0.2) is 40.9 Å². The molecule has 0 saturated heterocycles. The van der Waals surface area contributed by atoms with Crippen molar-refractivity contribution in [3.63, 3.8) is 0 Å². The normalized spacial score (nSPS) is 16.8. The van der Waals surface area contributed by atoms with E-state index in [1.54, 1.807) is 36.4 Å². The molecule has 1 aliphatic heterocycles. The summed E-state index contributed by atoms with van der Waals surface area (Å²) in [5.74, 6) is 0.530. The Labute approximate surface area is 206 Å². The van der Waals surface area contributed by atoms with Crippen molar-refractivity contribution in [2.45, 2.75) is 30.4 Å². The fourth-order valence-electron chi connectivity index (χ4n) is 3.95. The van der Waals surface area contributed by atoms with Gasteiger partial charge in [-0.05, 0) is 35.9 Å². The lowest BCUT2D eigenvalue weighted by Crippen LogP contribution is -2.62. The lowest BCUT2D eigenvalue weighted by molar-refractivity contribution is -0.338. The summed E-state index contributed by atoms with van der Waals surface area (Å²) in [6.45, 7) is 0. The van der Waals surface area contributed by atoms with Crippen LogP contribution in [0.5, 0.6) is 5.75 Å². The predicted octanol–water partition coefficient (Wildman–Crippen LogP) is 6.57. The van der Waals surface area contributed by atoms with Crippen LogP contribution in [-0.2, 0) is 0 Å². The van der Waals surface area contributed by atoms with E-state index in [1.165, 1.54) is 37.6 Å². The Kier molecular flexibility index (Phi) is 6.65. The zero-order chi connectivity index (χ0) is 26.3. The zero-order valence-electron chi connectivity index (χ0n) is 18.5. The summed E-state index contributed by atoms with van der Waals surface area (Å²) < 4.78 is 86.8. The summed E-state index contributed by atoms with van der Waals surface area (Å²) in [4.78, 5) is 4.34. The number of hydrazone groups is 1. The van der Waals surface area contributed by atoms with Crippen LogP contribution in [0.4, 0.5) is 32.0 Å². The molecule has 2 heterocycles. The summed E-state index contributed by atoms with van der Waals surface area (Å²) in [7, 11) is 1.48. The average molecular weight is 530 g/mol. The predicted molar refractivity (Wildman–Crippen MR) is 122 cm³/mol. The van der Waals surface area contributed by atoms with Crippen LogP contribution in [0, 0.1) is 0 Å². The van der Waals surface area contributed by atoms with Gasteiger partial charge >= 0.3 is 12.4 Å². The number of nitrogens with zero attached hydrogens (tertiary/aromatic N) is 3. The standard InChI is InChI=1S/C24H18ClF6N3O2/c1-36-20-9-5-2-6-15(20)17-11-10-14(13-32-17)19-12-21(22(35,23(26,27)28)24(29,30)31)33-34(19)18-8-4-3-7-16(18)25/h2-11,13,19,35H,12H2,1H3. The minimum absolute atomic E-state index is 0.0497. The van der Waals surface area contributed by atoms with Crippen molar-refractivity contribution in [2.75, 3.05) is 12.1 Å². The summed E-state index contributed by atoms with van der Waals surface area (Å²) in [5, 5.41) is 14.6. The first-order valence-corrected chi connectivity index (χ1v) is 10.8. The van der Waals surface area contributed by atoms with Gasteiger partial charge in [-0.25, -0.2) is 0 Å². The number of benzene rings is 2. The van der Waals surface area contributed by atoms with Crippen molar-refractivity contribution in [1.82, 2.24) is 4.98 Å². The van der Waals surface area contributed by atoms with Gasteiger partial charge in [-0.15, -0.1) is 0 Å². The second-order valence-corrected chi connectivity index (χ2v) is 8.35. The molecule has 1 atom stereocenters. The second kappa shape index (κ2) is 9.29. The number of halogens is 7. The maximum absolute atomic E-state index is 13.6. The molecule has 0 spiro atoms. The Hall–Kier alpha value is -3.31. The first-order valence-electron chi connectivity index (χ1n) is 10.5. The van der Waals surface area contributed by atoms with Crippen LogP contribution in [0.15, 0.2) is 72.0 Å². The van der Waals surface area contributed by atoms with Gasteiger partial charge in [-0.1, -0.05) is 41.9 Å². The molecule has 0 fully saturated rings. The second-order valence-electron chi connectivity index (χ2n) is 7.95. The third kappa shape index (κ3) is 4.37. The molecule has 0 aliphatic carbocycles. The molecule has 1 unspecified atom stereocenters. The van der Waals surface area contributed by atoms with Gasteiger partial charge in [0.05, 0.1) is 35.3 Å². The lowest BCUT2D eigenvalue weighted by Gasteiger charge is -2.32. The highest BCUT2D eigenvalue weighted by Crippen LogP contribution is 2.49. The quantitative estimate of drug-likeness (QED) is 0.380. The zero-order valence-corrected chi connectivity index (χ0v) is 19.2. The van der Waals surface area contributed by atoms with Crippen LogP contribution in [0.25, 0.3) is 11.3 Å². The van der Waals surface area contributed by atoms with Gasteiger partial charge in [0.1, 0.15) is 5.75 Å². The van der Waals surface area contributed by atoms with E-state index in [-0.39, 0.29) is 16.3 Å². The van der Waals surface area contributed by atoms with Crippen LogP contribution in [0.1, 0.15) is 18.0 Å². The third-order valence-electron chi connectivity index (χ3n) is 5.80. The Morgan fingerprint density at radius 3 is 2.17 bits per heavy atom. The number of ether oxygens (including phenoxy) is 1. The largest absolute Gasteiger partial charge is 0.496 e. The molecule has 1 N–H and O–H groups in total. The summed E-state index contributed by atoms with van der Waals surface area (Å²) in [5.41, 5.74) is -5.19.